The lowest BCUT2D eigenvalue weighted by atomic mass is 10.1. The van der Waals surface area contributed by atoms with Crippen LogP contribution in [0, 0.1) is 0 Å². The van der Waals surface area contributed by atoms with Crippen molar-refractivity contribution in [3.05, 3.63) is 83.4 Å². The average molecular weight is 255 g/mol. The van der Waals surface area contributed by atoms with Gasteiger partial charge in [-0.05, 0) is 16.7 Å². The smallest absolute Gasteiger partial charge is 0.0474 e. The highest BCUT2D eigenvalue weighted by molar-refractivity contribution is 6.17. The van der Waals surface area contributed by atoms with Crippen LogP contribution in [0.15, 0.2) is 66.7 Å². The molecule has 2 aromatic rings. The summed E-state index contributed by atoms with van der Waals surface area (Å²) in [5, 5.41) is 0. The molecule has 0 aliphatic rings. The van der Waals surface area contributed by atoms with Crippen LogP contribution in [-0.4, -0.2) is 0 Å². The maximum absolute atomic E-state index is 5.80. The minimum atomic E-state index is 0.557. The molecule has 90 valence electrons. The Morgan fingerprint density at radius 1 is 0.778 bits per heavy atom. The topological polar surface area (TPSA) is 0 Å². The van der Waals surface area contributed by atoms with Crippen molar-refractivity contribution in [1.82, 2.24) is 0 Å². The Hall–Kier alpha value is -1.79. The van der Waals surface area contributed by atoms with Crippen LogP contribution >= 0.6 is 11.6 Å². The fourth-order valence-corrected chi connectivity index (χ4v) is 1.84. The van der Waals surface area contributed by atoms with Gasteiger partial charge in [-0.25, -0.2) is 0 Å². The average Bonchev–Trinajstić information content (AvgIpc) is 2.45. The number of allylic oxidation sites excluding steroid dienone is 2. The molecule has 1 heteroatoms. The quantitative estimate of drug-likeness (QED) is 0.523. The van der Waals surface area contributed by atoms with Crippen LogP contribution in [0.25, 0.3) is 12.2 Å². The Bertz CT molecular complexity index is 539. The molecule has 0 heterocycles. The van der Waals surface area contributed by atoms with Crippen LogP contribution in [0.3, 0.4) is 0 Å². The van der Waals surface area contributed by atoms with E-state index in [-0.39, 0.29) is 0 Å². The molecule has 0 atom stereocenters. The van der Waals surface area contributed by atoms with Crippen molar-refractivity contribution in [2.24, 2.45) is 0 Å². The fourth-order valence-electron chi connectivity index (χ4n) is 1.68. The van der Waals surface area contributed by atoms with Crippen LogP contribution in [0.4, 0.5) is 0 Å². The SMILES string of the molecule is ClCc1cccc(C=CC=Cc2ccccc2)c1. The Labute approximate surface area is 113 Å². The zero-order valence-corrected chi connectivity index (χ0v) is 10.8. The molecule has 0 radical (unpaired) electrons. The molecule has 0 fully saturated rings. The van der Waals surface area contributed by atoms with E-state index in [0.717, 1.165) is 5.56 Å². The third kappa shape index (κ3) is 3.90. The first kappa shape index (κ1) is 12.7. The maximum atomic E-state index is 5.80. The molecule has 0 N–H and O–H groups in total. The third-order valence-corrected chi connectivity index (χ3v) is 2.90. The molecule has 0 saturated heterocycles. The van der Waals surface area contributed by atoms with Gasteiger partial charge in [0.05, 0.1) is 0 Å². The summed E-state index contributed by atoms with van der Waals surface area (Å²) in [7, 11) is 0. The number of halogens is 1. The number of alkyl halides is 1. The first-order chi connectivity index (χ1) is 8.88. The molecule has 0 spiro atoms. The Balaban J connectivity index is 2.01. The summed E-state index contributed by atoms with van der Waals surface area (Å²) in [6.07, 6.45) is 8.25. The Kier molecular flexibility index (Phi) is 4.80. The van der Waals surface area contributed by atoms with Gasteiger partial charge in [-0.1, -0.05) is 78.9 Å². The van der Waals surface area contributed by atoms with Crippen molar-refractivity contribution in [3.63, 3.8) is 0 Å². The monoisotopic (exact) mass is 254 g/mol. The highest BCUT2D eigenvalue weighted by Crippen LogP contribution is 2.09. The lowest BCUT2D eigenvalue weighted by Gasteiger charge is -1.96. The molecule has 0 saturated carbocycles. The summed E-state index contributed by atoms with van der Waals surface area (Å²) in [6.45, 7) is 0. The van der Waals surface area contributed by atoms with Crippen molar-refractivity contribution in [1.29, 1.82) is 0 Å². The van der Waals surface area contributed by atoms with Crippen molar-refractivity contribution in [2.45, 2.75) is 5.88 Å². The summed E-state index contributed by atoms with van der Waals surface area (Å²) in [4.78, 5) is 0. The first-order valence-electron chi connectivity index (χ1n) is 5.93. The molecule has 0 aliphatic heterocycles. The summed E-state index contributed by atoms with van der Waals surface area (Å²) in [5.74, 6) is 0.557. The molecule has 0 unspecified atom stereocenters. The summed E-state index contributed by atoms with van der Waals surface area (Å²) >= 11 is 5.80. The van der Waals surface area contributed by atoms with Crippen LogP contribution in [0.2, 0.25) is 0 Å². The van der Waals surface area contributed by atoms with Crippen molar-refractivity contribution in [3.8, 4) is 0 Å². The van der Waals surface area contributed by atoms with E-state index >= 15 is 0 Å². The molecule has 18 heavy (non-hydrogen) atoms. The molecule has 0 nitrogen and oxygen atoms in total. The Morgan fingerprint density at radius 3 is 2.17 bits per heavy atom. The van der Waals surface area contributed by atoms with Gasteiger partial charge in [0.1, 0.15) is 0 Å². The second-order valence-electron chi connectivity index (χ2n) is 4.01. The third-order valence-electron chi connectivity index (χ3n) is 2.59. The van der Waals surface area contributed by atoms with Gasteiger partial charge in [-0.3, -0.25) is 0 Å². The molecule has 0 aromatic heterocycles. The standard InChI is InChI=1S/C17H15Cl/c18-14-17-12-6-11-16(13-17)10-5-4-9-15-7-2-1-3-8-15/h1-13H,14H2. The van der Waals surface area contributed by atoms with Gasteiger partial charge in [0.25, 0.3) is 0 Å². The van der Waals surface area contributed by atoms with Gasteiger partial charge in [0.15, 0.2) is 0 Å². The van der Waals surface area contributed by atoms with Crippen LogP contribution in [0.1, 0.15) is 16.7 Å². The van der Waals surface area contributed by atoms with Gasteiger partial charge in [0, 0.05) is 5.88 Å². The van der Waals surface area contributed by atoms with Crippen LogP contribution in [-0.2, 0) is 5.88 Å². The minimum absolute atomic E-state index is 0.557. The van der Waals surface area contributed by atoms with E-state index in [9.17, 15) is 0 Å². The maximum Gasteiger partial charge on any atom is 0.0474 e. The van der Waals surface area contributed by atoms with Crippen molar-refractivity contribution in [2.75, 3.05) is 0 Å². The van der Waals surface area contributed by atoms with Gasteiger partial charge in [-0.15, -0.1) is 11.6 Å². The normalized spacial score (nSPS) is 11.4. The predicted molar refractivity (Wildman–Crippen MR) is 80.5 cm³/mol. The summed E-state index contributed by atoms with van der Waals surface area (Å²) in [5.41, 5.74) is 3.52. The van der Waals surface area contributed by atoms with E-state index in [2.05, 4.69) is 36.4 Å². The molecule has 2 rings (SSSR count). The molecule has 0 bridgehead atoms. The fraction of sp³-hybridized carbons (Fsp3) is 0.0588. The van der Waals surface area contributed by atoms with E-state index in [1.807, 2.05) is 42.5 Å². The molecular formula is C17H15Cl. The highest BCUT2D eigenvalue weighted by atomic mass is 35.5. The van der Waals surface area contributed by atoms with Crippen molar-refractivity contribution < 1.29 is 0 Å². The van der Waals surface area contributed by atoms with Crippen LogP contribution in [0.5, 0.6) is 0 Å². The molecular weight excluding hydrogens is 240 g/mol. The lowest BCUT2D eigenvalue weighted by Crippen LogP contribution is -1.78. The highest BCUT2D eigenvalue weighted by Gasteiger charge is 1.90. The molecule has 2 aromatic carbocycles. The summed E-state index contributed by atoms with van der Waals surface area (Å²) in [6, 6.07) is 18.5. The van der Waals surface area contributed by atoms with E-state index in [1.54, 1.807) is 0 Å². The Morgan fingerprint density at radius 2 is 1.44 bits per heavy atom. The zero-order valence-electron chi connectivity index (χ0n) is 10.1. The van der Waals surface area contributed by atoms with E-state index in [4.69, 9.17) is 11.6 Å². The van der Waals surface area contributed by atoms with E-state index in [0.29, 0.717) is 5.88 Å². The van der Waals surface area contributed by atoms with E-state index < -0.39 is 0 Å². The zero-order chi connectivity index (χ0) is 12.6. The predicted octanol–water partition coefficient (Wildman–Crippen LogP) is 5.15. The number of rotatable bonds is 4. The number of hydrogen-bond acceptors (Lipinski definition) is 0. The first-order valence-corrected chi connectivity index (χ1v) is 6.46. The lowest BCUT2D eigenvalue weighted by molar-refractivity contribution is 1.39. The molecule has 0 aliphatic carbocycles. The second kappa shape index (κ2) is 6.83. The number of benzene rings is 2. The van der Waals surface area contributed by atoms with Crippen molar-refractivity contribution >= 4 is 23.8 Å². The summed E-state index contributed by atoms with van der Waals surface area (Å²) < 4.78 is 0. The van der Waals surface area contributed by atoms with Crippen LogP contribution < -0.4 is 0 Å². The van der Waals surface area contributed by atoms with Gasteiger partial charge >= 0.3 is 0 Å². The minimum Gasteiger partial charge on any atom is -0.122 e. The van der Waals surface area contributed by atoms with Gasteiger partial charge < -0.3 is 0 Å². The van der Waals surface area contributed by atoms with Gasteiger partial charge in [0.2, 0.25) is 0 Å². The van der Waals surface area contributed by atoms with Gasteiger partial charge in [-0.2, -0.15) is 0 Å². The van der Waals surface area contributed by atoms with E-state index in [1.165, 1.54) is 11.1 Å². The number of hydrogen-bond donors (Lipinski definition) is 0. The largest absolute Gasteiger partial charge is 0.122 e. The second-order valence-corrected chi connectivity index (χ2v) is 4.27. The molecule has 0 amide bonds.